The highest BCUT2D eigenvalue weighted by Gasteiger charge is 2.26. The van der Waals surface area contributed by atoms with Crippen molar-refractivity contribution in [2.24, 2.45) is 11.8 Å². The number of hydrogen-bond acceptors (Lipinski definition) is 5. The molecule has 0 aliphatic heterocycles. The van der Waals surface area contributed by atoms with Crippen LogP contribution in [0.25, 0.3) is 0 Å². The molecule has 3 N–H and O–H groups in total. The normalized spacial score (nSPS) is 11.4. The predicted molar refractivity (Wildman–Crippen MR) is 110 cm³/mol. The molecule has 1 heterocycles. The largest absolute Gasteiger partial charge is 0.435 e. The third-order valence-electron chi connectivity index (χ3n) is 4.13. The first-order valence-corrected chi connectivity index (χ1v) is 9.50. The van der Waals surface area contributed by atoms with Gasteiger partial charge in [0, 0.05) is 18.7 Å². The Kier molecular flexibility index (Phi) is 7.36. The number of amides is 1. The van der Waals surface area contributed by atoms with Crippen LogP contribution in [0, 0.1) is 11.8 Å². The molecule has 0 unspecified atom stereocenters. The summed E-state index contributed by atoms with van der Waals surface area (Å²) in [6, 6.07) is 5.27. The number of carbonyl (C=O) groups is 1. The molecule has 1 amide bonds. The zero-order valence-corrected chi connectivity index (χ0v) is 17.3. The Bertz CT molecular complexity index is 1010. The average molecular weight is 424 g/mol. The SMILES string of the molecule is CC(C)CN(C(=O)c1cccc(OC(F)F)c1)c1c(N)n(CC(C)C)c(=O)[nH]c1=O. The predicted octanol–water partition coefficient (Wildman–Crippen LogP) is 2.68. The lowest BCUT2D eigenvalue weighted by atomic mass is 10.1. The highest BCUT2D eigenvalue weighted by Crippen LogP contribution is 2.23. The summed E-state index contributed by atoms with van der Waals surface area (Å²) in [6.45, 7) is 4.75. The Balaban J connectivity index is 2.60. The Morgan fingerprint density at radius 2 is 1.87 bits per heavy atom. The quantitative estimate of drug-likeness (QED) is 0.677. The molecule has 0 spiro atoms. The second-order valence-electron chi connectivity index (χ2n) is 7.71. The number of carbonyl (C=O) groups excluding carboxylic acids is 1. The van der Waals surface area contributed by atoms with Crippen molar-refractivity contribution in [3.63, 3.8) is 0 Å². The third-order valence-corrected chi connectivity index (χ3v) is 4.13. The summed E-state index contributed by atoms with van der Waals surface area (Å²) in [5, 5.41) is 0. The zero-order chi connectivity index (χ0) is 22.6. The summed E-state index contributed by atoms with van der Waals surface area (Å²) in [5.41, 5.74) is 4.56. The van der Waals surface area contributed by atoms with Gasteiger partial charge in [0.1, 0.15) is 11.6 Å². The third kappa shape index (κ3) is 5.46. The molecule has 1 aromatic carbocycles. The van der Waals surface area contributed by atoms with Crippen LogP contribution in [0.1, 0.15) is 38.1 Å². The summed E-state index contributed by atoms with van der Waals surface area (Å²) in [6.07, 6.45) is 0. The van der Waals surface area contributed by atoms with Crippen molar-refractivity contribution < 1.29 is 18.3 Å². The van der Waals surface area contributed by atoms with Crippen molar-refractivity contribution in [1.82, 2.24) is 9.55 Å². The highest BCUT2D eigenvalue weighted by atomic mass is 19.3. The number of nitrogen functional groups attached to an aromatic ring is 1. The van der Waals surface area contributed by atoms with Crippen molar-refractivity contribution in [3.8, 4) is 5.75 Å². The maximum atomic E-state index is 13.2. The lowest BCUT2D eigenvalue weighted by Gasteiger charge is -2.26. The number of hydrogen-bond donors (Lipinski definition) is 2. The van der Waals surface area contributed by atoms with Gasteiger partial charge in [-0.1, -0.05) is 33.8 Å². The number of alkyl halides is 2. The fourth-order valence-corrected chi connectivity index (χ4v) is 2.99. The monoisotopic (exact) mass is 424 g/mol. The number of aromatic amines is 1. The minimum absolute atomic E-state index is 0.0363. The summed E-state index contributed by atoms with van der Waals surface area (Å²) in [5.74, 6) is -0.950. The molecule has 0 saturated carbocycles. The van der Waals surface area contributed by atoms with Crippen LogP contribution in [-0.4, -0.2) is 28.6 Å². The molecular formula is C20H26F2N4O4. The summed E-state index contributed by atoms with van der Waals surface area (Å²) in [7, 11) is 0. The molecule has 0 radical (unpaired) electrons. The molecule has 0 atom stereocenters. The van der Waals surface area contributed by atoms with Crippen LogP contribution in [0.5, 0.6) is 5.75 Å². The zero-order valence-electron chi connectivity index (χ0n) is 17.3. The molecule has 164 valence electrons. The lowest BCUT2D eigenvalue weighted by molar-refractivity contribution is -0.0498. The first-order chi connectivity index (χ1) is 14.0. The Morgan fingerprint density at radius 1 is 1.20 bits per heavy atom. The molecule has 1 aromatic heterocycles. The van der Waals surface area contributed by atoms with E-state index < -0.39 is 23.8 Å². The molecular weight excluding hydrogens is 398 g/mol. The van der Waals surface area contributed by atoms with E-state index in [1.807, 2.05) is 27.7 Å². The van der Waals surface area contributed by atoms with E-state index in [4.69, 9.17) is 5.73 Å². The number of nitrogens with zero attached hydrogens (tertiary/aromatic N) is 2. The van der Waals surface area contributed by atoms with Crippen molar-refractivity contribution >= 4 is 17.4 Å². The van der Waals surface area contributed by atoms with Gasteiger partial charge in [-0.25, -0.2) is 4.79 Å². The fourth-order valence-electron chi connectivity index (χ4n) is 2.99. The second-order valence-corrected chi connectivity index (χ2v) is 7.71. The van der Waals surface area contributed by atoms with Gasteiger partial charge in [0.15, 0.2) is 5.69 Å². The molecule has 0 saturated heterocycles. The molecule has 8 nitrogen and oxygen atoms in total. The molecule has 0 fully saturated rings. The lowest BCUT2D eigenvalue weighted by Crippen LogP contribution is -2.43. The van der Waals surface area contributed by atoms with Crippen molar-refractivity contribution in [2.75, 3.05) is 17.2 Å². The first-order valence-electron chi connectivity index (χ1n) is 9.50. The maximum Gasteiger partial charge on any atom is 0.387 e. The number of nitrogens with one attached hydrogen (secondary N) is 1. The van der Waals surface area contributed by atoms with Crippen molar-refractivity contribution in [3.05, 3.63) is 50.7 Å². The number of rotatable bonds is 8. The van der Waals surface area contributed by atoms with E-state index in [0.717, 1.165) is 11.0 Å². The number of benzene rings is 1. The van der Waals surface area contributed by atoms with E-state index in [9.17, 15) is 23.2 Å². The minimum Gasteiger partial charge on any atom is -0.435 e. The molecule has 10 heteroatoms. The van der Waals surface area contributed by atoms with Crippen LogP contribution in [0.2, 0.25) is 0 Å². The van der Waals surface area contributed by atoms with E-state index in [2.05, 4.69) is 9.72 Å². The van der Waals surface area contributed by atoms with Gasteiger partial charge in [0.25, 0.3) is 11.5 Å². The van der Waals surface area contributed by atoms with Crippen molar-refractivity contribution in [2.45, 2.75) is 40.9 Å². The van der Waals surface area contributed by atoms with E-state index in [1.54, 1.807) is 0 Å². The van der Waals surface area contributed by atoms with Gasteiger partial charge < -0.3 is 15.4 Å². The van der Waals surface area contributed by atoms with Gasteiger partial charge in [-0.3, -0.25) is 19.1 Å². The summed E-state index contributed by atoms with van der Waals surface area (Å²) in [4.78, 5) is 41.4. The van der Waals surface area contributed by atoms with Crippen LogP contribution in [-0.2, 0) is 6.54 Å². The Hall–Kier alpha value is -3.17. The second kappa shape index (κ2) is 9.55. The number of anilines is 2. The molecule has 0 bridgehead atoms. The smallest absolute Gasteiger partial charge is 0.387 e. The van der Waals surface area contributed by atoms with E-state index in [0.29, 0.717) is 0 Å². The van der Waals surface area contributed by atoms with Crippen LogP contribution in [0.4, 0.5) is 20.3 Å². The Morgan fingerprint density at radius 3 is 2.43 bits per heavy atom. The maximum absolute atomic E-state index is 13.2. The molecule has 2 rings (SSSR count). The molecule has 2 aromatic rings. The number of ether oxygens (including phenoxy) is 1. The van der Waals surface area contributed by atoms with Gasteiger partial charge >= 0.3 is 12.3 Å². The standard InChI is InChI=1S/C20H26F2N4O4/c1-11(2)9-25(18(28)13-6-5-7-14(8-13)30-19(21)22)15-16(23)26(10-12(3)4)20(29)24-17(15)27/h5-8,11-12,19H,9-10,23H2,1-4H3,(H,24,27,29). The Labute approximate surface area is 172 Å². The van der Waals surface area contributed by atoms with Crippen LogP contribution in [0.3, 0.4) is 0 Å². The van der Waals surface area contributed by atoms with Crippen LogP contribution < -0.4 is 26.6 Å². The number of aromatic nitrogens is 2. The highest BCUT2D eigenvalue weighted by molar-refractivity contribution is 6.07. The van der Waals surface area contributed by atoms with Crippen molar-refractivity contribution in [1.29, 1.82) is 0 Å². The first kappa shape index (κ1) is 23.1. The van der Waals surface area contributed by atoms with Crippen LogP contribution >= 0.6 is 0 Å². The number of nitrogens with two attached hydrogens (primary N) is 1. The van der Waals surface area contributed by atoms with Gasteiger partial charge in [-0.15, -0.1) is 0 Å². The molecule has 0 aliphatic rings. The average Bonchev–Trinajstić information content (AvgIpc) is 2.62. The molecule has 30 heavy (non-hydrogen) atoms. The van der Waals surface area contributed by atoms with Gasteiger partial charge in [-0.2, -0.15) is 8.78 Å². The molecule has 0 aliphatic carbocycles. The summed E-state index contributed by atoms with van der Waals surface area (Å²) >= 11 is 0. The minimum atomic E-state index is -3.04. The van der Waals surface area contributed by atoms with E-state index in [1.165, 1.54) is 22.8 Å². The number of halogens is 2. The number of H-pyrrole nitrogens is 1. The van der Waals surface area contributed by atoms with E-state index >= 15 is 0 Å². The topological polar surface area (TPSA) is 110 Å². The van der Waals surface area contributed by atoms with Gasteiger partial charge in [-0.05, 0) is 30.0 Å². The summed E-state index contributed by atoms with van der Waals surface area (Å²) < 4.78 is 30.6. The fraction of sp³-hybridized carbons (Fsp3) is 0.450. The van der Waals surface area contributed by atoms with Gasteiger partial charge in [0.2, 0.25) is 0 Å². The van der Waals surface area contributed by atoms with E-state index in [-0.39, 0.29) is 47.7 Å². The van der Waals surface area contributed by atoms with Crippen LogP contribution in [0.15, 0.2) is 33.9 Å². The van der Waals surface area contributed by atoms with Gasteiger partial charge in [0.05, 0.1) is 0 Å².